The lowest BCUT2D eigenvalue weighted by molar-refractivity contribution is 0.414. The third kappa shape index (κ3) is 4.27. The first-order valence-electron chi connectivity index (χ1n) is 6.98. The van der Waals surface area contributed by atoms with Crippen LogP contribution in [-0.4, -0.2) is 41.0 Å². The van der Waals surface area contributed by atoms with Crippen LogP contribution in [0.4, 0.5) is 0 Å². The molecule has 2 aromatic rings. The minimum absolute atomic E-state index is 0.0153. The lowest BCUT2D eigenvalue weighted by atomic mass is 10.0. The van der Waals surface area contributed by atoms with Crippen molar-refractivity contribution in [3.8, 4) is 0 Å². The van der Waals surface area contributed by atoms with Gasteiger partial charge in [-0.05, 0) is 55.5 Å². The first kappa shape index (κ1) is 15.9. The van der Waals surface area contributed by atoms with Crippen molar-refractivity contribution in [2.24, 2.45) is 0 Å². The maximum absolute atomic E-state index is 11.7. The second-order valence-electron chi connectivity index (χ2n) is 5.49. The Morgan fingerprint density at radius 3 is 2.57 bits per heavy atom. The highest BCUT2D eigenvalue weighted by atomic mass is 32.2. The molecule has 0 amide bonds. The highest BCUT2D eigenvalue weighted by molar-refractivity contribution is 7.88. The lowest BCUT2D eigenvalue weighted by Gasteiger charge is -2.12. The summed E-state index contributed by atoms with van der Waals surface area (Å²) in [5.74, 6) is 0.0153. The van der Waals surface area contributed by atoms with Crippen LogP contribution >= 0.6 is 0 Å². The molecule has 0 radical (unpaired) electrons. The fourth-order valence-corrected chi connectivity index (χ4v) is 3.09. The summed E-state index contributed by atoms with van der Waals surface area (Å²) >= 11 is 0. The summed E-state index contributed by atoms with van der Waals surface area (Å²) in [5, 5.41) is 2.29. The third-order valence-electron chi connectivity index (χ3n) is 3.53. The Kier molecular flexibility index (Phi) is 4.98. The number of nitrogens with zero attached hydrogens (tertiary/aromatic N) is 1. The molecule has 1 N–H and O–H groups in total. The normalized spacial score (nSPS) is 12.2. The number of nitrogens with one attached hydrogen (secondary N) is 1. The fraction of sp³-hybridized carbons (Fsp3) is 0.375. The number of hydrogen-bond donors (Lipinski definition) is 1. The highest BCUT2D eigenvalue weighted by Gasteiger charge is 2.10. The molecule has 0 aliphatic carbocycles. The van der Waals surface area contributed by atoms with Crippen molar-refractivity contribution in [2.75, 3.05) is 27.7 Å². The van der Waals surface area contributed by atoms with Crippen LogP contribution < -0.4 is 4.72 Å². The Hall–Kier alpha value is -1.43. The summed E-state index contributed by atoms with van der Waals surface area (Å²) in [5.41, 5.74) is 2.07. The van der Waals surface area contributed by atoms with Gasteiger partial charge >= 0.3 is 0 Å². The SMILES string of the molecule is CNS(=O)(=O)Cc1ccc2cccc(CCN(C)C)c2c1. The smallest absolute Gasteiger partial charge is 0.215 e. The van der Waals surface area contributed by atoms with Crippen molar-refractivity contribution in [2.45, 2.75) is 12.2 Å². The summed E-state index contributed by atoms with van der Waals surface area (Å²) in [6.45, 7) is 0.970. The van der Waals surface area contributed by atoms with E-state index in [1.807, 2.05) is 18.2 Å². The van der Waals surface area contributed by atoms with Crippen LogP contribution in [0.3, 0.4) is 0 Å². The van der Waals surface area contributed by atoms with E-state index < -0.39 is 10.0 Å². The highest BCUT2D eigenvalue weighted by Crippen LogP contribution is 2.22. The Bertz CT molecular complexity index is 724. The van der Waals surface area contributed by atoms with E-state index in [4.69, 9.17) is 0 Å². The van der Waals surface area contributed by atoms with E-state index in [-0.39, 0.29) is 5.75 Å². The van der Waals surface area contributed by atoms with E-state index in [9.17, 15) is 8.42 Å². The Labute approximate surface area is 126 Å². The number of benzene rings is 2. The van der Waals surface area contributed by atoms with E-state index in [0.29, 0.717) is 0 Å². The molecule has 0 atom stereocenters. The number of hydrogen-bond acceptors (Lipinski definition) is 3. The Morgan fingerprint density at radius 1 is 1.14 bits per heavy atom. The molecule has 0 bridgehead atoms. The first-order chi connectivity index (χ1) is 9.91. The van der Waals surface area contributed by atoms with Gasteiger partial charge in [0.1, 0.15) is 0 Å². The number of likely N-dealkylation sites (N-methyl/N-ethyl adjacent to an activating group) is 1. The molecule has 0 aliphatic rings. The predicted octanol–water partition coefficient (Wildman–Crippen LogP) is 1.99. The molecule has 21 heavy (non-hydrogen) atoms. The van der Waals surface area contributed by atoms with E-state index in [0.717, 1.165) is 29.3 Å². The quantitative estimate of drug-likeness (QED) is 0.888. The number of sulfonamides is 1. The van der Waals surface area contributed by atoms with Crippen molar-refractivity contribution < 1.29 is 8.42 Å². The molecular weight excluding hydrogens is 284 g/mol. The maximum atomic E-state index is 11.7. The third-order valence-corrected chi connectivity index (χ3v) is 4.87. The van der Waals surface area contributed by atoms with Crippen LogP contribution in [0.2, 0.25) is 0 Å². The molecule has 0 saturated heterocycles. The molecule has 0 heterocycles. The molecule has 2 rings (SSSR count). The minimum atomic E-state index is -3.24. The molecule has 0 spiro atoms. The van der Waals surface area contributed by atoms with Crippen LogP contribution in [0.25, 0.3) is 10.8 Å². The molecule has 0 saturated carbocycles. The molecule has 4 nitrogen and oxygen atoms in total. The van der Waals surface area contributed by atoms with Gasteiger partial charge in [0, 0.05) is 6.54 Å². The largest absolute Gasteiger partial charge is 0.309 e. The van der Waals surface area contributed by atoms with Gasteiger partial charge in [-0.3, -0.25) is 0 Å². The number of fused-ring (bicyclic) bond motifs is 1. The fourth-order valence-electron chi connectivity index (χ4n) is 2.33. The lowest BCUT2D eigenvalue weighted by Crippen LogP contribution is -2.20. The summed E-state index contributed by atoms with van der Waals surface area (Å²) in [4.78, 5) is 2.15. The standard InChI is InChI=1S/C16H22N2O2S/c1-17-21(19,20)12-13-7-8-14-5-4-6-15(16(14)11-13)9-10-18(2)3/h4-8,11,17H,9-10,12H2,1-3H3. The van der Waals surface area contributed by atoms with Gasteiger partial charge in [0.25, 0.3) is 0 Å². The Balaban J connectivity index is 2.38. The van der Waals surface area contributed by atoms with Gasteiger partial charge in [-0.2, -0.15) is 0 Å². The molecule has 2 aromatic carbocycles. The van der Waals surface area contributed by atoms with Gasteiger partial charge in [-0.25, -0.2) is 13.1 Å². The van der Waals surface area contributed by atoms with Crippen LogP contribution in [0.1, 0.15) is 11.1 Å². The van der Waals surface area contributed by atoms with Gasteiger partial charge in [-0.15, -0.1) is 0 Å². The van der Waals surface area contributed by atoms with Gasteiger partial charge < -0.3 is 4.90 Å². The first-order valence-corrected chi connectivity index (χ1v) is 8.63. The maximum Gasteiger partial charge on any atom is 0.215 e. The zero-order chi connectivity index (χ0) is 15.5. The van der Waals surface area contributed by atoms with E-state index in [1.54, 1.807) is 0 Å². The zero-order valence-corrected chi connectivity index (χ0v) is 13.6. The van der Waals surface area contributed by atoms with E-state index in [2.05, 4.69) is 41.9 Å². The monoisotopic (exact) mass is 306 g/mol. The topological polar surface area (TPSA) is 49.4 Å². The average Bonchev–Trinajstić information content (AvgIpc) is 2.44. The van der Waals surface area contributed by atoms with E-state index in [1.165, 1.54) is 12.6 Å². The van der Waals surface area contributed by atoms with Crippen LogP contribution in [0.15, 0.2) is 36.4 Å². The molecular formula is C16H22N2O2S. The molecule has 114 valence electrons. The van der Waals surface area contributed by atoms with Crippen molar-refractivity contribution in [3.05, 3.63) is 47.5 Å². The summed E-state index contributed by atoms with van der Waals surface area (Å²) in [6.07, 6.45) is 0.951. The molecule has 5 heteroatoms. The van der Waals surface area contributed by atoms with Crippen LogP contribution in [0.5, 0.6) is 0 Å². The van der Waals surface area contributed by atoms with Crippen molar-refractivity contribution in [3.63, 3.8) is 0 Å². The van der Waals surface area contributed by atoms with Crippen LogP contribution in [0, 0.1) is 0 Å². The van der Waals surface area contributed by atoms with Gasteiger partial charge in [-0.1, -0.05) is 30.3 Å². The molecule has 0 aliphatic heterocycles. The van der Waals surface area contributed by atoms with Crippen molar-refractivity contribution >= 4 is 20.8 Å². The van der Waals surface area contributed by atoms with Crippen LogP contribution in [-0.2, 0) is 22.2 Å². The average molecular weight is 306 g/mol. The summed E-state index contributed by atoms with van der Waals surface area (Å²) in [7, 11) is 2.31. The van der Waals surface area contributed by atoms with Crippen molar-refractivity contribution in [1.82, 2.24) is 9.62 Å². The second-order valence-corrected chi connectivity index (χ2v) is 7.42. The van der Waals surface area contributed by atoms with Gasteiger partial charge in [0.05, 0.1) is 5.75 Å². The number of rotatable bonds is 6. The second kappa shape index (κ2) is 6.56. The predicted molar refractivity (Wildman–Crippen MR) is 87.9 cm³/mol. The molecule has 0 fully saturated rings. The Morgan fingerprint density at radius 2 is 1.90 bits per heavy atom. The summed E-state index contributed by atoms with van der Waals surface area (Å²) < 4.78 is 25.7. The minimum Gasteiger partial charge on any atom is -0.309 e. The van der Waals surface area contributed by atoms with E-state index >= 15 is 0 Å². The molecule has 0 aromatic heterocycles. The van der Waals surface area contributed by atoms with Gasteiger partial charge in [0.2, 0.25) is 10.0 Å². The van der Waals surface area contributed by atoms with Crippen molar-refractivity contribution in [1.29, 1.82) is 0 Å². The molecule has 0 unspecified atom stereocenters. The summed E-state index contributed by atoms with van der Waals surface area (Å²) in [6, 6.07) is 12.1. The van der Waals surface area contributed by atoms with Gasteiger partial charge in [0.15, 0.2) is 0 Å². The zero-order valence-electron chi connectivity index (χ0n) is 12.8.